The van der Waals surface area contributed by atoms with Gasteiger partial charge < -0.3 is 21.1 Å². The number of carbonyl (C=O) groups is 3. The van der Waals surface area contributed by atoms with Crippen LogP contribution in [0, 0.1) is 17.8 Å². The molecule has 3 aliphatic rings. The van der Waals surface area contributed by atoms with E-state index in [1.54, 1.807) is 12.1 Å². The lowest BCUT2D eigenvalue weighted by molar-refractivity contribution is -0.127. The number of benzene rings is 1. The number of ketones is 2. The van der Waals surface area contributed by atoms with Crippen LogP contribution in [0.1, 0.15) is 24.0 Å². The van der Waals surface area contributed by atoms with Crippen LogP contribution in [-0.4, -0.2) is 32.8 Å². The minimum Gasteiger partial charge on any atom is -0.511 e. The number of phenolic OH excluding ortho intramolecular Hbond substituents is 1. The van der Waals surface area contributed by atoms with Gasteiger partial charge in [0.25, 0.3) is 5.91 Å². The van der Waals surface area contributed by atoms with Crippen molar-refractivity contribution in [2.24, 2.45) is 23.5 Å². The Morgan fingerprint density at radius 3 is 2.54 bits per heavy atom. The van der Waals surface area contributed by atoms with Gasteiger partial charge in [0, 0.05) is 12.0 Å². The Balaban J connectivity index is 1.87. The maximum Gasteiger partial charge on any atom is 0.255 e. The standard InChI is InChI=1S/C19H17NO6/c20-19(26)15-11(22)6-9-5-8-4-7-2-1-3-10(21)12(7)16(23)13(8)17(24)14(9)18(15)25/h1-3,8-9,14,21,23,25H,4-6H2,(H2,20,26). The summed E-state index contributed by atoms with van der Waals surface area (Å²) in [5.41, 5.74) is 5.72. The topological polar surface area (TPSA) is 138 Å². The van der Waals surface area contributed by atoms with Crippen molar-refractivity contribution < 1.29 is 29.7 Å². The van der Waals surface area contributed by atoms with Crippen molar-refractivity contribution in [1.29, 1.82) is 0 Å². The fraction of sp³-hybridized carbons (Fsp3) is 0.316. The molecular weight excluding hydrogens is 338 g/mol. The molecule has 7 nitrogen and oxygen atoms in total. The van der Waals surface area contributed by atoms with Crippen LogP contribution in [0.4, 0.5) is 0 Å². The summed E-state index contributed by atoms with van der Waals surface area (Å²) >= 11 is 0. The number of allylic oxidation sites excluding steroid dienone is 2. The Kier molecular flexibility index (Phi) is 3.44. The molecule has 3 atom stereocenters. The van der Waals surface area contributed by atoms with Gasteiger partial charge in [-0.05, 0) is 36.3 Å². The van der Waals surface area contributed by atoms with Crippen molar-refractivity contribution in [1.82, 2.24) is 0 Å². The lowest BCUT2D eigenvalue weighted by Crippen LogP contribution is -2.44. The molecule has 0 aromatic heterocycles. The van der Waals surface area contributed by atoms with Gasteiger partial charge in [0.15, 0.2) is 11.6 Å². The molecular formula is C19H17NO6. The second-order valence-corrected chi connectivity index (χ2v) is 7.06. The van der Waals surface area contributed by atoms with E-state index in [4.69, 9.17) is 5.73 Å². The number of hydrogen-bond donors (Lipinski definition) is 4. The molecule has 3 unspecified atom stereocenters. The molecule has 1 fully saturated rings. The number of nitrogens with two attached hydrogens (primary N) is 1. The van der Waals surface area contributed by atoms with Gasteiger partial charge in [-0.2, -0.15) is 0 Å². The summed E-state index contributed by atoms with van der Waals surface area (Å²) in [6.45, 7) is 0. The maximum atomic E-state index is 13.1. The van der Waals surface area contributed by atoms with Crippen LogP contribution < -0.4 is 5.73 Å². The average Bonchev–Trinajstić information content (AvgIpc) is 2.53. The van der Waals surface area contributed by atoms with Crippen LogP contribution in [-0.2, 0) is 20.8 Å². The largest absolute Gasteiger partial charge is 0.511 e. The zero-order valence-electron chi connectivity index (χ0n) is 13.7. The summed E-state index contributed by atoms with van der Waals surface area (Å²) in [7, 11) is 0. The molecule has 7 heteroatoms. The highest BCUT2D eigenvalue weighted by Crippen LogP contribution is 2.49. The number of amides is 1. The third-order valence-corrected chi connectivity index (χ3v) is 5.63. The molecule has 0 spiro atoms. The molecule has 0 bridgehead atoms. The molecule has 1 amide bonds. The number of fused-ring (bicyclic) bond motifs is 3. The van der Waals surface area contributed by atoms with E-state index in [1.165, 1.54) is 6.07 Å². The molecule has 0 radical (unpaired) electrons. The number of rotatable bonds is 1. The third-order valence-electron chi connectivity index (χ3n) is 5.63. The summed E-state index contributed by atoms with van der Waals surface area (Å²) < 4.78 is 0. The molecule has 0 saturated heterocycles. The van der Waals surface area contributed by atoms with Gasteiger partial charge in [-0.3, -0.25) is 14.4 Å². The lowest BCUT2D eigenvalue weighted by Gasteiger charge is -2.41. The Labute approximate surface area is 148 Å². The van der Waals surface area contributed by atoms with E-state index in [0.29, 0.717) is 12.8 Å². The predicted octanol–water partition coefficient (Wildman–Crippen LogP) is 1.31. The van der Waals surface area contributed by atoms with E-state index >= 15 is 0 Å². The summed E-state index contributed by atoms with van der Waals surface area (Å²) in [6, 6.07) is 4.86. The number of carbonyl (C=O) groups excluding carboxylic acids is 3. The second-order valence-electron chi connectivity index (χ2n) is 7.06. The van der Waals surface area contributed by atoms with E-state index < -0.39 is 40.6 Å². The first-order valence-corrected chi connectivity index (χ1v) is 8.36. The monoisotopic (exact) mass is 355 g/mol. The quantitative estimate of drug-likeness (QED) is 0.560. The van der Waals surface area contributed by atoms with Crippen LogP contribution in [0.25, 0.3) is 5.76 Å². The molecule has 1 aromatic rings. The van der Waals surface area contributed by atoms with Crippen molar-refractivity contribution in [2.75, 3.05) is 0 Å². The van der Waals surface area contributed by atoms with Crippen molar-refractivity contribution in [3.8, 4) is 5.75 Å². The Morgan fingerprint density at radius 1 is 1.12 bits per heavy atom. The highest BCUT2D eigenvalue weighted by atomic mass is 16.3. The van der Waals surface area contributed by atoms with E-state index in [2.05, 4.69) is 0 Å². The first kappa shape index (κ1) is 16.4. The number of aromatic hydroxyl groups is 1. The molecule has 0 aliphatic heterocycles. The van der Waals surface area contributed by atoms with Crippen molar-refractivity contribution in [3.05, 3.63) is 46.2 Å². The normalized spacial score (nSPS) is 27.8. The van der Waals surface area contributed by atoms with Crippen LogP contribution in [0.3, 0.4) is 0 Å². The zero-order valence-corrected chi connectivity index (χ0v) is 13.7. The van der Waals surface area contributed by atoms with Crippen molar-refractivity contribution >= 4 is 23.2 Å². The number of hydrogen-bond acceptors (Lipinski definition) is 6. The molecule has 134 valence electrons. The first-order valence-electron chi connectivity index (χ1n) is 8.36. The van der Waals surface area contributed by atoms with E-state index in [-0.39, 0.29) is 35.0 Å². The van der Waals surface area contributed by atoms with Crippen molar-refractivity contribution in [2.45, 2.75) is 19.3 Å². The minimum atomic E-state index is -1.07. The SMILES string of the molecule is NC(=O)C1=C(O)C2C(=O)C3=C(O)c4c(O)cccc4CC3CC2CC1=O. The molecule has 5 N–H and O–H groups in total. The highest BCUT2D eigenvalue weighted by molar-refractivity contribution is 6.21. The zero-order chi connectivity index (χ0) is 18.7. The summed E-state index contributed by atoms with van der Waals surface area (Å²) in [6.07, 6.45) is 0.808. The maximum absolute atomic E-state index is 13.1. The smallest absolute Gasteiger partial charge is 0.255 e. The van der Waals surface area contributed by atoms with E-state index in [0.717, 1.165) is 5.56 Å². The van der Waals surface area contributed by atoms with Gasteiger partial charge in [-0.25, -0.2) is 0 Å². The third kappa shape index (κ3) is 2.09. The van der Waals surface area contributed by atoms with Crippen LogP contribution in [0.15, 0.2) is 35.1 Å². The second kappa shape index (κ2) is 5.45. The number of primary amides is 1. The minimum absolute atomic E-state index is 0.0455. The molecule has 1 aromatic carbocycles. The molecule has 4 rings (SSSR count). The van der Waals surface area contributed by atoms with Gasteiger partial charge in [-0.1, -0.05) is 12.1 Å². The summed E-state index contributed by atoms with van der Waals surface area (Å²) in [5, 5.41) is 31.1. The first-order chi connectivity index (χ1) is 12.3. The van der Waals surface area contributed by atoms with Gasteiger partial charge >= 0.3 is 0 Å². The predicted molar refractivity (Wildman–Crippen MR) is 89.9 cm³/mol. The Hall–Kier alpha value is -3.09. The fourth-order valence-corrected chi connectivity index (χ4v) is 4.58. The number of Topliss-reactive ketones (excluding diaryl/α,β-unsaturated/α-hetero) is 2. The van der Waals surface area contributed by atoms with Gasteiger partial charge in [-0.15, -0.1) is 0 Å². The Morgan fingerprint density at radius 2 is 1.85 bits per heavy atom. The van der Waals surface area contributed by atoms with Gasteiger partial charge in [0.05, 0.1) is 11.5 Å². The fourth-order valence-electron chi connectivity index (χ4n) is 4.58. The van der Waals surface area contributed by atoms with Gasteiger partial charge in [0.2, 0.25) is 0 Å². The van der Waals surface area contributed by atoms with Crippen molar-refractivity contribution in [3.63, 3.8) is 0 Å². The molecule has 3 aliphatic carbocycles. The Bertz CT molecular complexity index is 941. The van der Waals surface area contributed by atoms with Crippen LogP contribution in [0.2, 0.25) is 0 Å². The van der Waals surface area contributed by atoms with Crippen LogP contribution in [0.5, 0.6) is 5.75 Å². The van der Waals surface area contributed by atoms with Crippen LogP contribution >= 0.6 is 0 Å². The number of aliphatic hydroxyl groups is 2. The molecule has 26 heavy (non-hydrogen) atoms. The number of aliphatic hydroxyl groups excluding tert-OH is 2. The summed E-state index contributed by atoms with van der Waals surface area (Å²) in [5.74, 6) is -5.02. The highest BCUT2D eigenvalue weighted by Gasteiger charge is 2.50. The molecule has 1 saturated carbocycles. The van der Waals surface area contributed by atoms with Gasteiger partial charge in [0.1, 0.15) is 22.8 Å². The summed E-state index contributed by atoms with van der Waals surface area (Å²) in [4.78, 5) is 36.7. The average molecular weight is 355 g/mol. The lowest BCUT2D eigenvalue weighted by atomic mass is 9.61. The number of phenols is 1. The molecule has 0 heterocycles. The van der Waals surface area contributed by atoms with E-state index in [1.807, 2.05) is 0 Å². The van der Waals surface area contributed by atoms with E-state index in [9.17, 15) is 29.7 Å².